The summed E-state index contributed by atoms with van der Waals surface area (Å²) in [6.45, 7) is 9.95. The van der Waals surface area contributed by atoms with Crippen LogP contribution < -0.4 is 5.32 Å². The molecule has 1 aliphatic heterocycles. The molecule has 2 fully saturated rings. The smallest absolute Gasteiger partial charge is 0.0674 e. The average Bonchev–Trinajstić information content (AvgIpc) is 3.05. The Kier molecular flexibility index (Phi) is 4.22. The van der Waals surface area contributed by atoms with Gasteiger partial charge in [0.2, 0.25) is 0 Å². The predicted molar refractivity (Wildman–Crippen MR) is 66.7 cm³/mol. The van der Waals surface area contributed by atoms with Gasteiger partial charge >= 0.3 is 0 Å². The SMILES string of the molecule is CC1CN(C(C)CCNC2CC2)C(C)CO1. The first-order chi connectivity index (χ1) is 7.66. The van der Waals surface area contributed by atoms with Crippen molar-refractivity contribution in [3.8, 4) is 0 Å². The highest BCUT2D eigenvalue weighted by Gasteiger charge is 2.27. The number of hydrogen-bond donors (Lipinski definition) is 1. The summed E-state index contributed by atoms with van der Waals surface area (Å²) in [4.78, 5) is 2.60. The standard InChI is InChI=1S/C13H26N2O/c1-10(6-7-14-13-4-5-13)15-8-12(3)16-9-11(15)2/h10-14H,4-9H2,1-3H3. The second kappa shape index (κ2) is 5.48. The first-order valence-corrected chi connectivity index (χ1v) is 6.77. The maximum absolute atomic E-state index is 5.67. The summed E-state index contributed by atoms with van der Waals surface area (Å²) in [7, 11) is 0. The number of nitrogens with one attached hydrogen (secondary N) is 1. The number of morpholine rings is 1. The minimum absolute atomic E-state index is 0.398. The lowest BCUT2D eigenvalue weighted by molar-refractivity contribution is -0.0642. The molecular formula is C13H26N2O. The molecule has 0 aromatic heterocycles. The molecule has 0 aromatic rings. The Labute approximate surface area is 99.5 Å². The van der Waals surface area contributed by atoms with Crippen molar-refractivity contribution in [3.05, 3.63) is 0 Å². The molecule has 1 heterocycles. The topological polar surface area (TPSA) is 24.5 Å². The van der Waals surface area contributed by atoms with Gasteiger partial charge in [-0.05, 0) is 46.6 Å². The summed E-state index contributed by atoms with van der Waals surface area (Å²) in [5.74, 6) is 0. The van der Waals surface area contributed by atoms with Crippen LogP contribution in [-0.2, 0) is 4.74 Å². The average molecular weight is 226 g/mol. The quantitative estimate of drug-likeness (QED) is 0.771. The molecule has 1 saturated heterocycles. The van der Waals surface area contributed by atoms with Crippen molar-refractivity contribution < 1.29 is 4.74 Å². The molecule has 0 spiro atoms. The van der Waals surface area contributed by atoms with E-state index < -0.39 is 0 Å². The molecule has 2 aliphatic rings. The predicted octanol–water partition coefficient (Wildman–Crippen LogP) is 1.63. The monoisotopic (exact) mass is 226 g/mol. The zero-order valence-electron chi connectivity index (χ0n) is 10.9. The summed E-state index contributed by atoms with van der Waals surface area (Å²) in [6.07, 6.45) is 4.43. The fraction of sp³-hybridized carbons (Fsp3) is 1.00. The molecule has 3 heteroatoms. The summed E-state index contributed by atoms with van der Waals surface area (Å²) < 4.78 is 5.67. The largest absolute Gasteiger partial charge is 0.376 e. The molecule has 3 unspecified atom stereocenters. The summed E-state index contributed by atoms with van der Waals surface area (Å²) in [5.41, 5.74) is 0. The Morgan fingerprint density at radius 1 is 1.38 bits per heavy atom. The fourth-order valence-corrected chi connectivity index (χ4v) is 2.49. The third-order valence-electron chi connectivity index (χ3n) is 3.79. The summed E-state index contributed by atoms with van der Waals surface area (Å²) in [5, 5.41) is 3.59. The maximum Gasteiger partial charge on any atom is 0.0674 e. The van der Waals surface area contributed by atoms with Gasteiger partial charge in [-0.3, -0.25) is 4.90 Å². The lowest BCUT2D eigenvalue weighted by Crippen LogP contribution is -2.51. The van der Waals surface area contributed by atoms with Crippen LogP contribution in [-0.4, -0.2) is 48.8 Å². The van der Waals surface area contributed by atoms with Gasteiger partial charge in [-0.15, -0.1) is 0 Å². The van der Waals surface area contributed by atoms with E-state index in [-0.39, 0.29) is 0 Å². The first kappa shape index (κ1) is 12.3. The highest BCUT2D eigenvalue weighted by Crippen LogP contribution is 2.19. The minimum Gasteiger partial charge on any atom is -0.376 e. The van der Waals surface area contributed by atoms with E-state index in [9.17, 15) is 0 Å². The Balaban J connectivity index is 1.70. The number of nitrogens with zero attached hydrogens (tertiary/aromatic N) is 1. The third kappa shape index (κ3) is 3.44. The molecule has 0 radical (unpaired) electrons. The highest BCUT2D eigenvalue weighted by atomic mass is 16.5. The van der Waals surface area contributed by atoms with Crippen molar-refractivity contribution in [2.24, 2.45) is 0 Å². The first-order valence-electron chi connectivity index (χ1n) is 6.77. The fourth-order valence-electron chi connectivity index (χ4n) is 2.49. The minimum atomic E-state index is 0.398. The molecule has 3 nitrogen and oxygen atoms in total. The van der Waals surface area contributed by atoms with Crippen LogP contribution in [0, 0.1) is 0 Å². The molecule has 0 amide bonds. The molecule has 1 N–H and O–H groups in total. The van der Waals surface area contributed by atoms with Gasteiger partial charge in [0.05, 0.1) is 12.7 Å². The number of ether oxygens (including phenoxy) is 1. The normalized spacial score (nSPS) is 33.9. The molecule has 16 heavy (non-hydrogen) atoms. The maximum atomic E-state index is 5.67. The molecule has 2 rings (SSSR count). The van der Waals surface area contributed by atoms with E-state index in [0.29, 0.717) is 18.2 Å². The van der Waals surface area contributed by atoms with Gasteiger partial charge in [-0.2, -0.15) is 0 Å². The van der Waals surface area contributed by atoms with Crippen molar-refractivity contribution in [1.82, 2.24) is 10.2 Å². The van der Waals surface area contributed by atoms with Gasteiger partial charge < -0.3 is 10.1 Å². The molecule has 94 valence electrons. The zero-order chi connectivity index (χ0) is 11.5. The van der Waals surface area contributed by atoms with Crippen molar-refractivity contribution in [2.75, 3.05) is 19.7 Å². The second-order valence-corrected chi connectivity index (χ2v) is 5.56. The molecule has 0 bridgehead atoms. The van der Waals surface area contributed by atoms with Gasteiger partial charge in [0.15, 0.2) is 0 Å². The third-order valence-corrected chi connectivity index (χ3v) is 3.79. The van der Waals surface area contributed by atoms with E-state index in [1.165, 1.54) is 25.8 Å². The van der Waals surface area contributed by atoms with Crippen LogP contribution in [0.1, 0.15) is 40.0 Å². The molecule has 3 atom stereocenters. The van der Waals surface area contributed by atoms with E-state index in [1.807, 2.05) is 0 Å². The highest BCUT2D eigenvalue weighted by molar-refractivity contribution is 4.83. The van der Waals surface area contributed by atoms with E-state index in [1.54, 1.807) is 0 Å². The van der Waals surface area contributed by atoms with Crippen LogP contribution in [0.25, 0.3) is 0 Å². The van der Waals surface area contributed by atoms with Crippen molar-refractivity contribution in [2.45, 2.75) is 64.3 Å². The van der Waals surface area contributed by atoms with Gasteiger partial charge in [0.1, 0.15) is 0 Å². The van der Waals surface area contributed by atoms with E-state index in [0.717, 1.165) is 19.2 Å². The van der Waals surface area contributed by atoms with Crippen molar-refractivity contribution >= 4 is 0 Å². The van der Waals surface area contributed by atoms with Crippen molar-refractivity contribution in [3.63, 3.8) is 0 Å². The van der Waals surface area contributed by atoms with Crippen LogP contribution in [0.5, 0.6) is 0 Å². The van der Waals surface area contributed by atoms with Gasteiger partial charge in [0, 0.05) is 24.7 Å². The Bertz CT molecular complexity index is 218. The van der Waals surface area contributed by atoms with E-state index in [4.69, 9.17) is 4.74 Å². The summed E-state index contributed by atoms with van der Waals surface area (Å²) >= 11 is 0. The van der Waals surface area contributed by atoms with Crippen molar-refractivity contribution in [1.29, 1.82) is 0 Å². The van der Waals surface area contributed by atoms with Gasteiger partial charge in [-0.25, -0.2) is 0 Å². The van der Waals surface area contributed by atoms with Crippen LogP contribution in [0.4, 0.5) is 0 Å². The van der Waals surface area contributed by atoms with Gasteiger partial charge in [-0.1, -0.05) is 0 Å². The summed E-state index contributed by atoms with van der Waals surface area (Å²) in [6, 6.07) is 2.09. The second-order valence-electron chi connectivity index (χ2n) is 5.56. The van der Waals surface area contributed by atoms with Crippen LogP contribution in [0.15, 0.2) is 0 Å². The zero-order valence-corrected chi connectivity index (χ0v) is 10.9. The van der Waals surface area contributed by atoms with Crippen LogP contribution in [0.2, 0.25) is 0 Å². The molecule has 1 saturated carbocycles. The van der Waals surface area contributed by atoms with E-state index >= 15 is 0 Å². The molecule has 1 aliphatic carbocycles. The number of hydrogen-bond acceptors (Lipinski definition) is 3. The van der Waals surface area contributed by atoms with Gasteiger partial charge in [0.25, 0.3) is 0 Å². The Morgan fingerprint density at radius 3 is 2.81 bits per heavy atom. The Hall–Kier alpha value is -0.120. The van der Waals surface area contributed by atoms with Crippen LogP contribution in [0.3, 0.4) is 0 Å². The van der Waals surface area contributed by atoms with Crippen LogP contribution >= 0.6 is 0 Å². The molecule has 0 aromatic carbocycles. The number of rotatable bonds is 5. The lowest BCUT2D eigenvalue weighted by Gasteiger charge is -2.40. The lowest BCUT2D eigenvalue weighted by atomic mass is 10.1. The Morgan fingerprint density at radius 2 is 2.12 bits per heavy atom. The molecular weight excluding hydrogens is 200 g/mol. The van der Waals surface area contributed by atoms with E-state index in [2.05, 4.69) is 31.0 Å².